The Bertz CT molecular complexity index is 608. The predicted molar refractivity (Wildman–Crippen MR) is 90.9 cm³/mol. The molecule has 26 heavy (non-hydrogen) atoms. The number of hydrogen-bond donors (Lipinski definition) is 2. The molecule has 2 bridgehead atoms. The quantitative estimate of drug-likeness (QED) is 0.631. The molecule has 3 fully saturated rings. The van der Waals surface area contributed by atoms with Crippen molar-refractivity contribution in [1.82, 2.24) is 10.2 Å². The third kappa shape index (κ3) is 2.62. The van der Waals surface area contributed by atoms with Crippen molar-refractivity contribution in [3.8, 4) is 0 Å². The summed E-state index contributed by atoms with van der Waals surface area (Å²) in [6.45, 7) is 7.06. The Labute approximate surface area is 153 Å². The molecule has 3 saturated heterocycles. The highest BCUT2D eigenvalue weighted by Gasteiger charge is 2.75. The standard InChI is InChI=1S/C18H28N2O6/c1-5-25-17(24)12-11-6-7-18(26-11)13(12)16(23)20(10(4)8-21)14(18)15(22)19-9(2)3/h9-14,21H,5-8H2,1-4H3,(H,19,22)/t10-,11-,12+,13+,14?,18?/m1/s1. The van der Waals surface area contributed by atoms with Gasteiger partial charge in [-0.1, -0.05) is 0 Å². The average Bonchev–Trinajstić information content (AvgIpc) is 3.21. The summed E-state index contributed by atoms with van der Waals surface area (Å²) in [6.07, 6.45) is 0.749. The zero-order valence-corrected chi connectivity index (χ0v) is 15.7. The van der Waals surface area contributed by atoms with Crippen LogP contribution in [0.5, 0.6) is 0 Å². The van der Waals surface area contributed by atoms with Crippen molar-refractivity contribution < 1.29 is 29.0 Å². The number of ether oxygens (including phenoxy) is 2. The highest BCUT2D eigenvalue weighted by molar-refractivity contribution is 5.98. The molecule has 2 N–H and O–H groups in total. The van der Waals surface area contributed by atoms with Crippen molar-refractivity contribution in [2.45, 2.75) is 70.4 Å². The Kier molecular flexibility index (Phi) is 5.00. The van der Waals surface area contributed by atoms with E-state index in [4.69, 9.17) is 9.47 Å². The first-order valence-electron chi connectivity index (χ1n) is 9.36. The molecule has 3 rings (SSSR count). The number of nitrogens with one attached hydrogen (secondary N) is 1. The molecule has 0 radical (unpaired) electrons. The zero-order valence-electron chi connectivity index (χ0n) is 15.7. The molecule has 3 aliphatic rings. The van der Waals surface area contributed by atoms with Gasteiger partial charge in [0.05, 0.1) is 37.2 Å². The van der Waals surface area contributed by atoms with Crippen LogP contribution in [0.4, 0.5) is 0 Å². The van der Waals surface area contributed by atoms with E-state index in [0.717, 1.165) is 0 Å². The lowest BCUT2D eigenvalue weighted by molar-refractivity contribution is -0.155. The highest BCUT2D eigenvalue weighted by Crippen LogP contribution is 2.58. The fraction of sp³-hybridized carbons (Fsp3) is 0.833. The fourth-order valence-corrected chi connectivity index (χ4v) is 4.82. The summed E-state index contributed by atoms with van der Waals surface area (Å²) in [4.78, 5) is 40.1. The number of nitrogens with zero attached hydrogens (tertiary/aromatic N) is 1. The maximum absolute atomic E-state index is 13.2. The van der Waals surface area contributed by atoms with E-state index in [-0.39, 0.29) is 31.1 Å². The lowest BCUT2D eigenvalue weighted by Crippen LogP contribution is -2.58. The number of likely N-dealkylation sites (tertiary alicyclic amines) is 1. The number of carbonyl (C=O) groups is 3. The van der Waals surface area contributed by atoms with E-state index in [0.29, 0.717) is 12.8 Å². The summed E-state index contributed by atoms with van der Waals surface area (Å²) in [6, 6.07) is -1.50. The Morgan fingerprint density at radius 1 is 1.42 bits per heavy atom. The number of amides is 2. The average molecular weight is 368 g/mol. The van der Waals surface area contributed by atoms with Crippen molar-refractivity contribution in [2.24, 2.45) is 11.8 Å². The van der Waals surface area contributed by atoms with Gasteiger partial charge in [0.2, 0.25) is 11.8 Å². The van der Waals surface area contributed by atoms with Crippen molar-refractivity contribution in [3.63, 3.8) is 0 Å². The molecule has 8 heteroatoms. The molecule has 8 nitrogen and oxygen atoms in total. The smallest absolute Gasteiger partial charge is 0.312 e. The van der Waals surface area contributed by atoms with Crippen LogP contribution >= 0.6 is 0 Å². The first-order chi connectivity index (χ1) is 12.3. The molecule has 3 aliphatic heterocycles. The van der Waals surface area contributed by atoms with Crippen LogP contribution in [0, 0.1) is 11.8 Å². The molecular formula is C18H28N2O6. The predicted octanol–water partition coefficient (Wildman–Crippen LogP) is -0.170. The molecule has 0 aromatic heterocycles. The van der Waals surface area contributed by atoms with Gasteiger partial charge in [-0.15, -0.1) is 0 Å². The minimum Gasteiger partial charge on any atom is -0.466 e. The van der Waals surface area contributed by atoms with E-state index in [1.165, 1.54) is 4.90 Å². The van der Waals surface area contributed by atoms with Crippen LogP contribution in [0.2, 0.25) is 0 Å². The summed E-state index contributed by atoms with van der Waals surface area (Å²) < 4.78 is 11.3. The van der Waals surface area contributed by atoms with Gasteiger partial charge in [0.25, 0.3) is 0 Å². The Hall–Kier alpha value is -1.67. The van der Waals surface area contributed by atoms with Gasteiger partial charge in [0.15, 0.2) is 0 Å². The largest absolute Gasteiger partial charge is 0.466 e. The van der Waals surface area contributed by atoms with Crippen molar-refractivity contribution in [3.05, 3.63) is 0 Å². The zero-order chi connectivity index (χ0) is 19.2. The van der Waals surface area contributed by atoms with Crippen LogP contribution < -0.4 is 5.32 Å². The number of hydrogen-bond acceptors (Lipinski definition) is 6. The monoisotopic (exact) mass is 368 g/mol. The SMILES string of the molecule is CCOC(=O)[C@@H]1[C@H]2C(=O)N([C@H](C)CO)C(C(=O)NC(C)C)C23CC[C@H]1O3. The van der Waals surface area contributed by atoms with Crippen LogP contribution in [0.3, 0.4) is 0 Å². The van der Waals surface area contributed by atoms with Gasteiger partial charge in [-0.25, -0.2) is 0 Å². The Morgan fingerprint density at radius 3 is 2.69 bits per heavy atom. The molecule has 3 heterocycles. The second kappa shape index (κ2) is 6.81. The summed E-state index contributed by atoms with van der Waals surface area (Å²) in [5.41, 5.74) is -1.03. The van der Waals surface area contributed by atoms with Gasteiger partial charge in [-0.05, 0) is 40.5 Å². The minimum atomic E-state index is -1.03. The third-order valence-corrected chi connectivity index (χ3v) is 5.72. The van der Waals surface area contributed by atoms with E-state index in [1.54, 1.807) is 13.8 Å². The number of esters is 1. The van der Waals surface area contributed by atoms with Gasteiger partial charge in [-0.2, -0.15) is 0 Å². The molecule has 0 aliphatic carbocycles. The van der Waals surface area contributed by atoms with Gasteiger partial charge < -0.3 is 24.8 Å². The second-order valence-corrected chi connectivity index (χ2v) is 7.75. The van der Waals surface area contributed by atoms with Gasteiger partial charge in [-0.3, -0.25) is 14.4 Å². The van der Waals surface area contributed by atoms with Crippen LogP contribution in [-0.2, 0) is 23.9 Å². The van der Waals surface area contributed by atoms with Gasteiger partial charge in [0, 0.05) is 6.04 Å². The summed E-state index contributed by atoms with van der Waals surface area (Å²) in [5.74, 6) is -2.49. The van der Waals surface area contributed by atoms with E-state index in [1.807, 2.05) is 13.8 Å². The normalized spacial score (nSPS) is 36.4. The summed E-state index contributed by atoms with van der Waals surface area (Å²) in [5, 5.41) is 12.5. The summed E-state index contributed by atoms with van der Waals surface area (Å²) in [7, 11) is 0. The van der Waals surface area contributed by atoms with Crippen LogP contribution in [0.1, 0.15) is 40.5 Å². The fourth-order valence-electron chi connectivity index (χ4n) is 4.82. The molecule has 6 atom stereocenters. The second-order valence-electron chi connectivity index (χ2n) is 7.75. The number of carbonyl (C=O) groups excluding carboxylic acids is 3. The first-order valence-corrected chi connectivity index (χ1v) is 9.36. The number of aliphatic hydroxyl groups is 1. The van der Waals surface area contributed by atoms with Crippen LogP contribution in [-0.4, -0.2) is 70.8 Å². The van der Waals surface area contributed by atoms with E-state index >= 15 is 0 Å². The molecule has 0 saturated carbocycles. The molecule has 2 unspecified atom stereocenters. The van der Waals surface area contributed by atoms with Crippen molar-refractivity contribution in [1.29, 1.82) is 0 Å². The molecule has 0 aromatic rings. The van der Waals surface area contributed by atoms with Crippen molar-refractivity contribution in [2.75, 3.05) is 13.2 Å². The van der Waals surface area contributed by atoms with Gasteiger partial charge in [0.1, 0.15) is 11.6 Å². The molecule has 1 spiro atoms. The maximum Gasteiger partial charge on any atom is 0.312 e. The highest BCUT2D eigenvalue weighted by atomic mass is 16.6. The van der Waals surface area contributed by atoms with Crippen LogP contribution in [0.25, 0.3) is 0 Å². The third-order valence-electron chi connectivity index (χ3n) is 5.72. The lowest BCUT2D eigenvalue weighted by atomic mass is 9.70. The molecule has 0 aromatic carbocycles. The number of rotatable bonds is 6. The minimum absolute atomic E-state index is 0.0983. The van der Waals surface area contributed by atoms with E-state index < -0.39 is 41.6 Å². The summed E-state index contributed by atoms with van der Waals surface area (Å²) >= 11 is 0. The number of fused-ring (bicyclic) bond motifs is 1. The topological polar surface area (TPSA) is 105 Å². The van der Waals surface area contributed by atoms with Crippen molar-refractivity contribution >= 4 is 17.8 Å². The lowest BCUT2D eigenvalue weighted by Gasteiger charge is -2.35. The molecule has 2 amide bonds. The van der Waals surface area contributed by atoms with Gasteiger partial charge >= 0.3 is 5.97 Å². The Morgan fingerprint density at radius 2 is 2.12 bits per heavy atom. The molecular weight excluding hydrogens is 340 g/mol. The number of aliphatic hydroxyl groups excluding tert-OH is 1. The maximum atomic E-state index is 13.2. The van der Waals surface area contributed by atoms with Crippen LogP contribution in [0.15, 0.2) is 0 Å². The first kappa shape index (κ1) is 19.1. The molecule has 146 valence electrons. The Balaban J connectivity index is 2.02. The van der Waals surface area contributed by atoms with E-state index in [2.05, 4.69) is 5.32 Å². The van der Waals surface area contributed by atoms with E-state index in [9.17, 15) is 19.5 Å².